The monoisotopic (exact) mass is 446 g/mol. The summed E-state index contributed by atoms with van der Waals surface area (Å²) in [6.45, 7) is 1.62. The number of piperidine rings is 1. The molecule has 170 valence electrons. The second kappa shape index (κ2) is 10.5. The number of anilines is 3. The van der Waals surface area contributed by atoms with Crippen LogP contribution in [0.15, 0.2) is 71.3 Å². The van der Waals surface area contributed by atoms with Gasteiger partial charge in [0.2, 0.25) is 5.91 Å². The number of rotatable bonds is 7. The van der Waals surface area contributed by atoms with Crippen molar-refractivity contribution in [1.29, 1.82) is 0 Å². The van der Waals surface area contributed by atoms with Crippen LogP contribution >= 0.6 is 0 Å². The number of nitrogens with zero attached hydrogens (tertiary/aromatic N) is 1. The fourth-order valence-corrected chi connectivity index (χ4v) is 3.70. The van der Waals surface area contributed by atoms with E-state index >= 15 is 0 Å². The summed E-state index contributed by atoms with van der Waals surface area (Å²) in [5.41, 5.74) is 2.40. The van der Waals surface area contributed by atoms with Crippen LogP contribution in [0.4, 0.5) is 17.1 Å². The smallest absolute Gasteiger partial charge is 0.291 e. The zero-order valence-electron chi connectivity index (χ0n) is 18.2. The summed E-state index contributed by atoms with van der Waals surface area (Å²) in [5, 5.41) is 8.59. The molecule has 0 bridgehead atoms. The molecule has 0 radical (unpaired) electrons. The van der Waals surface area contributed by atoms with Crippen molar-refractivity contribution in [3.05, 3.63) is 78.3 Å². The van der Waals surface area contributed by atoms with Crippen LogP contribution in [-0.2, 0) is 4.79 Å². The van der Waals surface area contributed by atoms with Gasteiger partial charge >= 0.3 is 0 Å². The number of hydrogen-bond donors (Lipinski definition) is 3. The van der Waals surface area contributed by atoms with E-state index in [1.54, 1.807) is 48.5 Å². The Balaban J connectivity index is 1.30. The molecule has 1 aliphatic rings. The molecule has 1 aromatic heterocycles. The molecule has 0 atom stereocenters. The molecule has 0 spiro atoms. The largest absolute Gasteiger partial charge is 0.459 e. The zero-order chi connectivity index (χ0) is 23.0. The number of furan rings is 1. The highest BCUT2D eigenvalue weighted by molar-refractivity contribution is 6.03. The third-order valence-electron chi connectivity index (χ3n) is 5.36. The second-order valence-electron chi connectivity index (χ2n) is 7.85. The van der Waals surface area contributed by atoms with Crippen LogP contribution in [0.2, 0.25) is 0 Å². The van der Waals surface area contributed by atoms with Crippen molar-refractivity contribution in [2.24, 2.45) is 0 Å². The van der Waals surface area contributed by atoms with E-state index in [4.69, 9.17) is 4.42 Å². The molecule has 8 nitrogen and oxygen atoms in total. The lowest BCUT2D eigenvalue weighted by Gasteiger charge is -2.26. The maximum absolute atomic E-state index is 12.7. The first-order valence-electron chi connectivity index (χ1n) is 11.0. The van der Waals surface area contributed by atoms with Gasteiger partial charge in [-0.1, -0.05) is 12.1 Å². The van der Waals surface area contributed by atoms with E-state index in [2.05, 4.69) is 16.0 Å². The van der Waals surface area contributed by atoms with Crippen LogP contribution in [-0.4, -0.2) is 42.3 Å². The van der Waals surface area contributed by atoms with Crippen molar-refractivity contribution >= 4 is 34.8 Å². The minimum atomic E-state index is -0.371. The van der Waals surface area contributed by atoms with Crippen molar-refractivity contribution in [1.82, 2.24) is 4.90 Å². The zero-order valence-corrected chi connectivity index (χ0v) is 18.2. The van der Waals surface area contributed by atoms with E-state index in [9.17, 15) is 14.4 Å². The summed E-state index contributed by atoms with van der Waals surface area (Å²) in [5.74, 6) is -0.396. The minimum Gasteiger partial charge on any atom is -0.459 e. The second-order valence-corrected chi connectivity index (χ2v) is 7.85. The van der Waals surface area contributed by atoms with E-state index in [1.807, 2.05) is 17.0 Å². The van der Waals surface area contributed by atoms with Crippen molar-refractivity contribution < 1.29 is 18.8 Å². The summed E-state index contributed by atoms with van der Waals surface area (Å²) < 4.78 is 5.08. The molecule has 0 unspecified atom stereocenters. The average Bonchev–Trinajstić information content (AvgIpc) is 3.39. The van der Waals surface area contributed by atoms with Gasteiger partial charge in [0, 0.05) is 35.7 Å². The molecule has 1 fully saturated rings. The van der Waals surface area contributed by atoms with Gasteiger partial charge in [0.25, 0.3) is 11.8 Å². The Morgan fingerprint density at radius 3 is 2.30 bits per heavy atom. The van der Waals surface area contributed by atoms with Gasteiger partial charge < -0.3 is 25.3 Å². The topological polar surface area (TPSA) is 104 Å². The third-order valence-corrected chi connectivity index (χ3v) is 5.36. The minimum absolute atomic E-state index is 0.0243. The Labute approximate surface area is 192 Å². The summed E-state index contributed by atoms with van der Waals surface area (Å²) in [4.78, 5) is 39.1. The summed E-state index contributed by atoms with van der Waals surface area (Å²) in [7, 11) is 0. The van der Waals surface area contributed by atoms with Crippen LogP contribution in [0.1, 0.15) is 40.2 Å². The van der Waals surface area contributed by atoms with Gasteiger partial charge in [-0.2, -0.15) is 0 Å². The van der Waals surface area contributed by atoms with Gasteiger partial charge in [-0.25, -0.2) is 0 Å². The standard InChI is InChI=1S/C25H26N4O4/c30-23(27-20-9-5-10-21(16-20)28-24(31)22-11-6-14-33-22)17-26-19-8-4-7-18(15-19)25(32)29-12-2-1-3-13-29/h4-11,14-16,26H,1-3,12-13,17H2,(H,27,30)(H,28,31). The maximum atomic E-state index is 12.7. The van der Waals surface area contributed by atoms with Crippen molar-refractivity contribution in [2.45, 2.75) is 19.3 Å². The summed E-state index contributed by atoms with van der Waals surface area (Å²) >= 11 is 0. The van der Waals surface area contributed by atoms with Crippen LogP contribution in [0, 0.1) is 0 Å². The highest BCUT2D eigenvalue weighted by Gasteiger charge is 2.18. The van der Waals surface area contributed by atoms with E-state index in [0.29, 0.717) is 22.6 Å². The number of nitrogens with one attached hydrogen (secondary N) is 3. The lowest BCUT2D eigenvalue weighted by molar-refractivity contribution is -0.114. The molecule has 3 amide bonds. The molecular formula is C25H26N4O4. The molecule has 2 heterocycles. The quantitative estimate of drug-likeness (QED) is 0.504. The number of benzene rings is 2. The molecule has 0 aliphatic carbocycles. The van der Waals surface area contributed by atoms with E-state index in [-0.39, 0.29) is 30.0 Å². The third kappa shape index (κ3) is 6.00. The number of amides is 3. The maximum Gasteiger partial charge on any atom is 0.291 e. The van der Waals surface area contributed by atoms with Gasteiger partial charge in [-0.3, -0.25) is 14.4 Å². The molecule has 3 N–H and O–H groups in total. The lowest BCUT2D eigenvalue weighted by atomic mass is 10.1. The highest BCUT2D eigenvalue weighted by Crippen LogP contribution is 2.18. The van der Waals surface area contributed by atoms with E-state index < -0.39 is 0 Å². The SMILES string of the molecule is O=C(CNc1cccc(C(=O)N2CCCCC2)c1)Nc1cccc(NC(=O)c2ccco2)c1. The fourth-order valence-electron chi connectivity index (χ4n) is 3.70. The first kappa shape index (κ1) is 22.1. The van der Waals surface area contributed by atoms with Crippen LogP contribution in [0.3, 0.4) is 0 Å². The van der Waals surface area contributed by atoms with E-state index in [0.717, 1.165) is 25.9 Å². The first-order valence-corrected chi connectivity index (χ1v) is 11.0. The van der Waals surface area contributed by atoms with Gasteiger partial charge in [-0.05, 0) is 67.8 Å². The number of carbonyl (C=O) groups is 3. The Morgan fingerprint density at radius 1 is 0.818 bits per heavy atom. The van der Waals surface area contributed by atoms with Crippen LogP contribution in [0.5, 0.6) is 0 Å². The number of hydrogen-bond acceptors (Lipinski definition) is 5. The number of carbonyl (C=O) groups excluding carboxylic acids is 3. The van der Waals surface area contributed by atoms with Crippen molar-refractivity contribution in [3.8, 4) is 0 Å². The van der Waals surface area contributed by atoms with Gasteiger partial charge in [-0.15, -0.1) is 0 Å². The molecule has 0 saturated carbocycles. The Bertz CT molecular complexity index is 1120. The molecular weight excluding hydrogens is 420 g/mol. The average molecular weight is 447 g/mol. The Kier molecular flexibility index (Phi) is 7.04. The molecule has 1 saturated heterocycles. The first-order chi connectivity index (χ1) is 16.1. The predicted molar refractivity (Wildman–Crippen MR) is 126 cm³/mol. The molecule has 8 heteroatoms. The Morgan fingerprint density at radius 2 is 1.55 bits per heavy atom. The lowest BCUT2D eigenvalue weighted by Crippen LogP contribution is -2.35. The van der Waals surface area contributed by atoms with Gasteiger partial charge in [0.1, 0.15) is 0 Å². The molecule has 33 heavy (non-hydrogen) atoms. The molecule has 2 aromatic carbocycles. The summed E-state index contributed by atoms with van der Waals surface area (Å²) in [6.07, 6.45) is 4.67. The van der Waals surface area contributed by atoms with Crippen LogP contribution in [0.25, 0.3) is 0 Å². The number of likely N-dealkylation sites (tertiary alicyclic amines) is 1. The Hall–Kier alpha value is -4.07. The molecule has 1 aliphatic heterocycles. The van der Waals surface area contributed by atoms with Gasteiger partial charge in [0.15, 0.2) is 5.76 Å². The normalized spacial score (nSPS) is 13.3. The van der Waals surface area contributed by atoms with Crippen molar-refractivity contribution in [3.63, 3.8) is 0 Å². The molecule has 4 rings (SSSR count). The molecule has 3 aromatic rings. The van der Waals surface area contributed by atoms with Crippen molar-refractivity contribution in [2.75, 3.05) is 35.6 Å². The van der Waals surface area contributed by atoms with E-state index in [1.165, 1.54) is 12.7 Å². The predicted octanol–water partition coefficient (Wildman–Crippen LogP) is 4.21. The summed E-state index contributed by atoms with van der Waals surface area (Å²) in [6, 6.07) is 17.3. The fraction of sp³-hybridized carbons (Fsp3) is 0.240. The highest BCUT2D eigenvalue weighted by atomic mass is 16.3. The van der Waals surface area contributed by atoms with Crippen LogP contribution < -0.4 is 16.0 Å². The van der Waals surface area contributed by atoms with Gasteiger partial charge in [0.05, 0.1) is 12.8 Å².